The molecule has 0 aliphatic carbocycles. The highest BCUT2D eigenvalue weighted by Crippen LogP contribution is 2.19. The number of esters is 1. The molecule has 11 heteroatoms. The number of sulfonamides is 1. The van der Waals surface area contributed by atoms with Crippen molar-refractivity contribution < 1.29 is 27.5 Å². The van der Waals surface area contributed by atoms with Crippen molar-refractivity contribution in [2.75, 3.05) is 6.61 Å². The summed E-state index contributed by atoms with van der Waals surface area (Å²) in [5, 5.41) is 19.7. The maximum absolute atomic E-state index is 12.4. The van der Waals surface area contributed by atoms with Crippen LogP contribution in [0.15, 0.2) is 82.0 Å². The highest BCUT2D eigenvalue weighted by Gasteiger charge is 2.18. The number of rotatable bonds is 8. The molecule has 0 atom stereocenters. The summed E-state index contributed by atoms with van der Waals surface area (Å²) in [7, 11) is -3.82. The predicted octanol–water partition coefficient (Wildman–Crippen LogP) is 3.28. The first-order chi connectivity index (χ1) is 16.4. The number of carbonyl (C=O) groups is 1. The summed E-state index contributed by atoms with van der Waals surface area (Å²) in [6, 6.07) is 17.3. The van der Waals surface area contributed by atoms with Crippen molar-refractivity contribution in [1.29, 1.82) is 5.26 Å². The SMILES string of the molecule is N#C/C(=C(\O)COC(=O)c1ccc(S(=O)(=O)NCc2ccco2)cc1)c1nc2ccccc2[nH]1. The van der Waals surface area contributed by atoms with E-state index in [1.54, 1.807) is 36.4 Å². The number of nitriles is 1. The molecule has 0 bridgehead atoms. The fourth-order valence-corrected chi connectivity index (χ4v) is 4.04. The van der Waals surface area contributed by atoms with E-state index in [1.807, 2.05) is 6.07 Å². The summed E-state index contributed by atoms with van der Waals surface area (Å²) >= 11 is 0. The number of aliphatic hydroxyl groups excluding tert-OH is 1. The summed E-state index contributed by atoms with van der Waals surface area (Å²) in [5.74, 6) is -0.679. The molecule has 2 heterocycles. The first-order valence-electron chi connectivity index (χ1n) is 9.94. The number of ether oxygens (including phenoxy) is 1. The van der Waals surface area contributed by atoms with Crippen LogP contribution in [0.25, 0.3) is 16.6 Å². The fraction of sp³-hybridized carbons (Fsp3) is 0.0870. The van der Waals surface area contributed by atoms with Gasteiger partial charge in [0.15, 0.2) is 11.6 Å². The normalized spacial score (nSPS) is 12.2. The molecule has 10 nitrogen and oxygen atoms in total. The number of benzene rings is 2. The summed E-state index contributed by atoms with van der Waals surface area (Å²) in [6.45, 7) is -0.583. The van der Waals surface area contributed by atoms with Crippen LogP contribution in [0.5, 0.6) is 0 Å². The number of nitrogens with zero attached hydrogens (tertiary/aromatic N) is 2. The number of aromatic amines is 1. The van der Waals surface area contributed by atoms with Crippen LogP contribution in [0.1, 0.15) is 21.9 Å². The van der Waals surface area contributed by atoms with Gasteiger partial charge in [0.2, 0.25) is 10.0 Å². The number of allylic oxidation sites excluding steroid dienone is 1. The molecule has 2 aromatic heterocycles. The monoisotopic (exact) mass is 478 g/mol. The predicted molar refractivity (Wildman–Crippen MR) is 121 cm³/mol. The Balaban J connectivity index is 1.41. The van der Waals surface area contributed by atoms with Crippen molar-refractivity contribution in [2.45, 2.75) is 11.4 Å². The number of fused-ring (bicyclic) bond motifs is 1. The van der Waals surface area contributed by atoms with Crippen LogP contribution in [0.4, 0.5) is 0 Å². The van der Waals surface area contributed by atoms with Gasteiger partial charge in [-0.25, -0.2) is 22.9 Å². The van der Waals surface area contributed by atoms with Gasteiger partial charge in [-0.15, -0.1) is 0 Å². The van der Waals surface area contributed by atoms with Gasteiger partial charge in [0.05, 0.1) is 34.3 Å². The minimum atomic E-state index is -3.82. The molecule has 4 rings (SSSR count). The lowest BCUT2D eigenvalue weighted by molar-refractivity contribution is 0.0502. The smallest absolute Gasteiger partial charge is 0.338 e. The highest BCUT2D eigenvalue weighted by atomic mass is 32.2. The highest BCUT2D eigenvalue weighted by molar-refractivity contribution is 7.89. The maximum Gasteiger partial charge on any atom is 0.338 e. The number of hydrogen-bond donors (Lipinski definition) is 3. The van der Waals surface area contributed by atoms with Crippen LogP contribution in [0.2, 0.25) is 0 Å². The Labute approximate surface area is 194 Å². The Morgan fingerprint density at radius 1 is 1.15 bits per heavy atom. The van der Waals surface area contributed by atoms with E-state index in [4.69, 9.17) is 9.15 Å². The largest absolute Gasteiger partial charge is 0.507 e. The van der Waals surface area contributed by atoms with E-state index in [1.165, 1.54) is 30.5 Å². The number of aliphatic hydroxyl groups is 1. The molecule has 0 saturated carbocycles. The summed E-state index contributed by atoms with van der Waals surface area (Å²) in [6.07, 6.45) is 1.44. The fourth-order valence-electron chi connectivity index (χ4n) is 3.05. The Morgan fingerprint density at radius 2 is 1.91 bits per heavy atom. The third-order valence-electron chi connectivity index (χ3n) is 4.78. The van der Waals surface area contributed by atoms with Crippen LogP contribution < -0.4 is 4.72 Å². The zero-order valence-corrected chi connectivity index (χ0v) is 18.4. The number of nitrogens with one attached hydrogen (secondary N) is 2. The molecule has 3 N–H and O–H groups in total. The maximum atomic E-state index is 12.4. The van der Waals surface area contributed by atoms with E-state index in [9.17, 15) is 23.6 Å². The van der Waals surface area contributed by atoms with E-state index in [-0.39, 0.29) is 28.4 Å². The van der Waals surface area contributed by atoms with E-state index in [0.717, 1.165) is 0 Å². The lowest BCUT2D eigenvalue weighted by Crippen LogP contribution is -2.23. The minimum absolute atomic E-state index is 0.0167. The molecule has 34 heavy (non-hydrogen) atoms. The average molecular weight is 478 g/mol. The Morgan fingerprint density at radius 3 is 2.59 bits per heavy atom. The van der Waals surface area contributed by atoms with Gasteiger partial charge in [0.1, 0.15) is 24.0 Å². The van der Waals surface area contributed by atoms with Gasteiger partial charge >= 0.3 is 5.97 Å². The molecule has 0 aliphatic rings. The van der Waals surface area contributed by atoms with Gasteiger partial charge in [-0.1, -0.05) is 12.1 Å². The summed E-state index contributed by atoms with van der Waals surface area (Å²) in [5.41, 5.74) is 1.21. The molecule has 0 spiro atoms. The number of hydrogen-bond acceptors (Lipinski definition) is 8. The van der Waals surface area contributed by atoms with Gasteiger partial charge in [-0.2, -0.15) is 5.26 Å². The quantitative estimate of drug-likeness (QED) is 0.198. The number of aromatic nitrogens is 2. The lowest BCUT2D eigenvalue weighted by atomic mass is 10.2. The van der Waals surface area contributed by atoms with Crippen LogP contribution in [0.3, 0.4) is 0 Å². The Bertz CT molecular complexity index is 1460. The summed E-state index contributed by atoms with van der Waals surface area (Å²) < 4.78 is 37.3. The molecular weight excluding hydrogens is 460 g/mol. The van der Waals surface area contributed by atoms with E-state index in [2.05, 4.69) is 14.7 Å². The van der Waals surface area contributed by atoms with Crippen molar-refractivity contribution >= 4 is 32.6 Å². The van der Waals surface area contributed by atoms with Gasteiger partial charge < -0.3 is 19.2 Å². The van der Waals surface area contributed by atoms with Crippen LogP contribution in [-0.2, 0) is 21.3 Å². The Kier molecular flexibility index (Phi) is 6.44. The van der Waals surface area contributed by atoms with E-state index in [0.29, 0.717) is 16.8 Å². The van der Waals surface area contributed by atoms with Crippen molar-refractivity contribution in [3.8, 4) is 6.07 Å². The second-order valence-electron chi connectivity index (χ2n) is 7.04. The van der Waals surface area contributed by atoms with Crippen molar-refractivity contribution in [3.05, 3.63) is 89.8 Å². The lowest BCUT2D eigenvalue weighted by Gasteiger charge is -2.08. The molecule has 0 aliphatic heterocycles. The molecule has 0 saturated heterocycles. The van der Waals surface area contributed by atoms with Crippen LogP contribution in [-0.4, -0.2) is 36.1 Å². The van der Waals surface area contributed by atoms with E-state index >= 15 is 0 Å². The summed E-state index contributed by atoms with van der Waals surface area (Å²) in [4.78, 5) is 19.5. The van der Waals surface area contributed by atoms with Gasteiger partial charge in [0, 0.05) is 0 Å². The van der Waals surface area contributed by atoms with Gasteiger partial charge in [-0.3, -0.25) is 0 Å². The second-order valence-corrected chi connectivity index (χ2v) is 8.81. The number of imidazole rings is 1. The number of carbonyl (C=O) groups excluding carboxylic acids is 1. The molecule has 4 aromatic rings. The van der Waals surface area contributed by atoms with Crippen LogP contribution in [0, 0.1) is 11.3 Å². The molecule has 0 radical (unpaired) electrons. The third-order valence-corrected chi connectivity index (χ3v) is 6.20. The second kappa shape index (κ2) is 9.62. The molecule has 0 fully saturated rings. The molecule has 172 valence electrons. The molecular formula is C23H18N4O6S. The van der Waals surface area contributed by atoms with Crippen molar-refractivity contribution in [2.24, 2.45) is 0 Å². The van der Waals surface area contributed by atoms with Gasteiger partial charge in [0.25, 0.3) is 0 Å². The third kappa shape index (κ3) is 4.98. The number of H-pyrrole nitrogens is 1. The Hall–Kier alpha value is -4.40. The molecule has 0 amide bonds. The van der Waals surface area contributed by atoms with E-state index < -0.39 is 28.4 Å². The number of furan rings is 1. The molecule has 2 aromatic carbocycles. The van der Waals surface area contributed by atoms with Gasteiger partial charge in [-0.05, 0) is 48.5 Å². The topological polar surface area (TPSA) is 158 Å². The van der Waals surface area contributed by atoms with Crippen molar-refractivity contribution in [1.82, 2.24) is 14.7 Å². The van der Waals surface area contributed by atoms with Crippen molar-refractivity contribution in [3.63, 3.8) is 0 Å². The standard InChI is InChI=1S/C23H18N4O6S/c24-12-18(22-26-19-5-1-2-6-20(19)27-22)21(28)14-33-23(29)15-7-9-17(10-8-15)34(30,31)25-13-16-4-3-11-32-16/h1-11,25,28H,13-14H2,(H,26,27)/b21-18+. The zero-order valence-electron chi connectivity index (χ0n) is 17.6. The average Bonchev–Trinajstić information content (AvgIpc) is 3.51. The van der Waals surface area contributed by atoms with Crippen LogP contribution >= 0.6 is 0 Å². The zero-order chi connectivity index (χ0) is 24.1. The minimum Gasteiger partial charge on any atom is -0.507 e. The first kappa shape index (κ1) is 22.8. The first-order valence-corrected chi connectivity index (χ1v) is 11.4. The molecule has 0 unspecified atom stereocenters. The number of para-hydroxylation sites is 2.